The quantitative estimate of drug-likeness (QED) is 0.629. The molecule has 0 spiro atoms. The maximum Gasteiger partial charge on any atom is 0.330 e. The lowest BCUT2D eigenvalue weighted by Crippen LogP contribution is -2.08. The van der Waals surface area contributed by atoms with E-state index in [1.165, 1.54) is 6.92 Å². The zero-order chi connectivity index (χ0) is 17.9. The number of benzene rings is 2. The largest absolute Gasteiger partial charge is 0.490 e. The van der Waals surface area contributed by atoms with Crippen molar-refractivity contribution >= 4 is 11.8 Å². The van der Waals surface area contributed by atoms with E-state index in [1.807, 2.05) is 18.2 Å². The number of hydrogen-bond donors (Lipinski definition) is 2. The van der Waals surface area contributed by atoms with E-state index in [0.29, 0.717) is 16.9 Å². The van der Waals surface area contributed by atoms with E-state index in [0.717, 1.165) is 0 Å². The van der Waals surface area contributed by atoms with E-state index in [2.05, 4.69) is 6.58 Å². The third-order valence-corrected chi connectivity index (χ3v) is 2.88. The van der Waals surface area contributed by atoms with Crippen molar-refractivity contribution < 1.29 is 24.5 Å². The highest BCUT2D eigenvalue weighted by atomic mass is 16.5. The summed E-state index contributed by atoms with van der Waals surface area (Å²) in [5.41, 5.74) is 1.31. The number of carbonyl (C=O) groups is 2. The van der Waals surface area contributed by atoms with Crippen LogP contribution >= 0.6 is 0 Å². The first-order valence-electron chi connectivity index (χ1n) is 7.28. The lowest BCUT2D eigenvalue weighted by Gasteiger charge is -2.09. The summed E-state index contributed by atoms with van der Waals surface area (Å²) >= 11 is 0. The van der Waals surface area contributed by atoms with Crippen LogP contribution in [0.15, 0.2) is 66.7 Å². The molecule has 0 aromatic heterocycles. The van der Waals surface area contributed by atoms with Crippen molar-refractivity contribution in [2.75, 3.05) is 13.2 Å². The number of carboxylic acid groups (broad SMARTS) is 1. The molecular formula is C19H20O5. The molecule has 0 aliphatic rings. The van der Waals surface area contributed by atoms with Crippen molar-refractivity contribution in [2.24, 2.45) is 0 Å². The second-order valence-electron chi connectivity index (χ2n) is 4.85. The van der Waals surface area contributed by atoms with Gasteiger partial charge in [-0.25, -0.2) is 4.79 Å². The van der Waals surface area contributed by atoms with Gasteiger partial charge in [-0.05, 0) is 19.1 Å². The highest BCUT2D eigenvalue weighted by Crippen LogP contribution is 2.21. The van der Waals surface area contributed by atoms with Gasteiger partial charge in [-0.3, -0.25) is 4.79 Å². The lowest BCUT2D eigenvalue weighted by molar-refractivity contribution is -0.132. The molecule has 2 rings (SSSR count). The number of para-hydroxylation sites is 1. The van der Waals surface area contributed by atoms with Gasteiger partial charge in [0, 0.05) is 11.1 Å². The number of aliphatic hydroxyl groups excluding tert-OH is 1. The second kappa shape index (κ2) is 9.97. The maximum absolute atomic E-state index is 12.3. The summed E-state index contributed by atoms with van der Waals surface area (Å²) in [5, 5.41) is 16.7. The maximum atomic E-state index is 12.3. The van der Waals surface area contributed by atoms with Gasteiger partial charge in [0.1, 0.15) is 12.4 Å². The Bertz CT molecular complexity index is 680. The second-order valence-corrected chi connectivity index (χ2v) is 4.85. The monoisotopic (exact) mass is 328 g/mol. The zero-order valence-electron chi connectivity index (χ0n) is 13.4. The number of carboxylic acids is 1. The third kappa shape index (κ3) is 6.06. The fraction of sp³-hybridized carbons (Fsp3) is 0.158. The van der Waals surface area contributed by atoms with Crippen molar-refractivity contribution in [3.05, 3.63) is 77.9 Å². The van der Waals surface area contributed by atoms with Crippen LogP contribution in [0.4, 0.5) is 0 Å². The molecule has 0 aliphatic heterocycles. The SMILES string of the molecule is C=C(C)C(=O)O.O=C(c1ccccc1)c1ccccc1OCCO. The molecule has 5 heteroatoms. The normalized spacial score (nSPS) is 9.42. The van der Waals surface area contributed by atoms with Crippen LogP contribution < -0.4 is 4.74 Å². The van der Waals surface area contributed by atoms with Crippen LogP contribution in [0.3, 0.4) is 0 Å². The minimum absolute atomic E-state index is 0.0755. The van der Waals surface area contributed by atoms with E-state index in [-0.39, 0.29) is 24.6 Å². The van der Waals surface area contributed by atoms with Crippen LogP contribution in [0.25, 0.3) is 0 Å². The predicted octanol–water partition coefficient (Wildman–Crippen LogP) is 2.94. The average Bonchev–Trinajstić information content (AvgIpc) is 2.60. The highest BCUT2D eigenvalue weighted by molar-refractivity contribution is 6.10. The summed E-state index contributed by atoms with van der Waals surface area (Å²) in [4.78, 5) is 21.9. The smallest absolute Gasteiger partial charge is 0.330 e. The lowest BCUT2D eigenvalue weighted by atomic mass is 10.0. The van der Waals surface area contributed by atoms with E-state index >= 15 is 0 Å². The molecule has 0 heterocycles. The standard InChI is InChI=1S/C15H14O3.C4H6O2/c16-10-11-18-14-9-5-4-8-13(14)15(17)12-6-2-1-3-7-12;1-3(2)4(5)6/h1-9,16H,10-11H2;1H2,2H3,(H,5,6). The number of aliphatic hydroxyl groups is 1. The van der Waals surface area contributed by atoms with Crippen molar-refractivity contribution in [3.8, 4) is 5.75 Å². The average molecular weight is 328 g/mol. The van der Waals surface area contributed by atoms with Gasteiger partial charge in [0.2, 0.25) is 0 Å². The van der Waals surface area contributed by atoms with Crippen LogP contribution in [-0.4, -0.2) is 35.2 Å². The van der Waals surface area contributed by atoms with Crippen LogP contribution in [0.1, 0.15) is 22.8 Å². The van der Waals surface area contributed by atoms with Gasteiger partial charge < -0.3 is 14.9 Å². The van der Waals surface area contributed by atoms with Gasteiger partial charge in [0.25, 0.3) is 0 Å². The number of ketones is 1. The summed E-state index contributed by atoms with van der Waals surface area (Å²) in [6, 6.07) is 16.1. The summed E-state index contributed by atoms with van der Waals surface area (Å²) in [7, 11) is 0. The summed E-state index contributed by atoms with van der Waals surface area (Å²) in [5.74, 6) is -0.514. The van der Waals surface area contributed by atoms with Crippen molar-refractivity contribution in [3.63, 3.8) is 0 Å². The molecule has 2 aromatic rings. The van der Waals surface area contributed by atoms with Crippen molar-refractivity contribution in [1.82, 2.24) is 0 Å². The molecule has 126 valence electrons. The molecule has 0 unspecified atom stereocenters. The van der Waals surface area contributed by atoms with Gasteiger partial charge in [0.05, 0.1) is 12.2 Å². The summed E-state index contributed by atoms with van der Waals surface area (Å²) in [6.07, 6.45) is 0. The zero-order valence-corrected chi connectivity index (χ0v) is 13.4. The van der Waals surface area contributed by atoms with Crippen LogP contribution in [0.5, 0.6) is 5.75 Å². The van der Waals surface area contributed by atoms with Crippen LogP contribution in [0.2, 0.25) is 0 Å². The molecule has 0 bridgehead atoms. The van der Waals surface area contributed by atoms with Crippen molar-refractivity contribution in [2.45, 2.75) is 6.92 Å². The molecule has 0 atom stereocenters. The fourth-order valence-electron chi connectivity index (χ4n) is 1.68. The highest BCUT2D eigenvalue weighted by Gasteiger charge is 2.13. The first-order valence-corrected chi connectivity index (χ1v) is 7.28. The minimum atomic E-state index is -0.935. The van der Waals surface area contributed by atoms with Gasteiger partial charge in [-0.15, -0.1) is 0 Å². The Morgan fingerprint density at radius 1 is 1.04 bits per heavy atom. The molecule has 0 radical (unpaired) electrons. The Balaban J connectivity index is 0.000000413. The predicted molar refractivity (Wildman–Crippen MR) is 91.3 cm³/mol. The Morgan fingerprint density at radius 3 is 2.12 bits per heavy atom. The number of aliphatic carboxylic acids is 1. The van der Waals surface area contributed by atoms with Gasteiger partial charge in [0.15, 0.2) is 5.78 Å². The van der Waals surface area contributed by atoms with Gasteiger partial charge in [-0.1, -0.05) is 49.0 Å². The van der Waals surface area contributed by atoms with Gasteiger partial charge >= 0.3 is 5.97 Å². The first kappa shape index (κ1) is 19.1. The van der Waals surface area contributed by atoms with Crippen LogP contribution in [-0.2, 0) is 4.79 Å². The Morgan fingerprint density at radius 2 is 1.58 bits per heavy atom. The number of rotatable bonds is 6. The van der Waals surface area contributed by atoms with E-state index < -0.39 is 5.97 Å². The van der Waals surface area contributed by atoms with Crippen LogP contribution in [0, 0.1) is 0 Å². The Hall–Kier alpha value is -2.92. The molecule has 0 amide bonds. The Kier molecular flexibility index (Phi) is 7.94. The number of ether oxygens (including phenoxy) is 1. The van der Waals surface area contributed by atoms with Gasteiger partial charge in [-0.2, -0.15) is 0 Å². The third-order valence-electron chi connectivity index (χ3n) is 2.88. The molecule has 2 aromatic carbocycles. The minimum Gasteiger partial charge on any atom is -0.490 e. The molecule has 5 nitrogen and oxygen atoms in total. The molecular weight excluding hydrogens is 308 g/mol. The Labute approximate surface area is 140 Å². The number of hydrogen-bond acceptors (Lipinski definition) is 4. The number of carbonyl (C=O) groups excluding carboxylic acids is 1. The molecule has 24 heavy (non-hydrogen) atoms. The first-order chi connectivity index (χ1) is 11.5. The molecule has 0 aliphatic carbocycles. The summed E-state index contributed by atoms with van der Waals surface area (Å²) < 4.78 is 5.36. The topological polar surface area (TPSA) is 83.8 Å². The molecule has 2 N–H and O–H groups in total. The van der Waals surface area contributed by atoms with E-state index in [9.17, 15) is 9.59 Å². The van der Waals surface area contributed by atoms with Crippen molar-refractivity contribution in [1.29, 1.82) is 0 Å². The summed E-state index contributed by atoms with van der Waals surface area (Å²) in [6.45, 7) is 4.71. The molecule has 0 fully saturated rings. The van der Waals surface area contributed by atoms with E-state index in [1.54, 1.807) is 36.4 Å². The molecule has 0 saturated heterocycles. The fourth-order valence-corrected chi connectivity index (χ4v) is 1.68. The molecule has 0 saturated carbocycles. The van der Waals surface area contributed by atoms with E-state index in [4.69, 9.17) is 14.9 Å².